The van der Waals surface area contributed by atoms with Crippen molar-refractivity contribution in [1.29, 1.82) is 0 Å². The first-order chi connectivity index (χ1) is 29.7. The molecule has 0 spiro atoms. The summed E-state index contributed by atoms with van der Waals surface area (Å²) in [5.74, 6) is 0. The molecule has 0 N–H and O–H groups in total. The summed E-state index contributed by atoms with van der Waals surface area (Å²) in [7, 11) is 0. The molecular formula is C56H34IN3. The van der Waals surface area contributed by atoms with Crippen LogP contribution in [0.25, 0.3) is 121 Å². The van der Waals surface area contributed by atoms with Gasteiger partial charge in [-0.2, -0.15) is 0 Å². The molecule has 0 aliphatic carbocycles. The topological polar surface area (TPSA) is 14.8 Å². The molecule has 60 heavy (non-hydrogen) atoms. The molecule has 0 bridgehead atoms. The molecule has 0 amide bonds. The molecule has 0 radical (unpaired) electrons. The van der Waals surface area contributed by atoms with E-state index in [4.69, 9.17) is 0 Å². The fourth-order valence-corrected chi connectivity index (χ4v) is 10.8. The van der Waals surface area contributed by atoms with Gasteiger partial charge in [-0.15, -0.1) is 0 Å². The van der Waals surface area contributed by atoms with Crippen molar-refractivity contribution >= 4 is 110 Å². The van der Waals surface area contributed by atoms with Gasteiger partial charge >= 0.3 is 0 Å². The maximum atomic E-state index is 2.48. The maximum Gasteiger partial charge on any atom is 0.0646 e. The minimum absolute atomic E-state index is 1.16. The fraction of sp³-hybridized carbons (Fsp3) is 0. The van der Waals surface area contributed by atoms with E-state index in [0.29, 0.717) is 0 Å². The van der Waals surface area contributed by atoms with Gasteiger partial charge < -0.3 is 9.13 Å². The van der Waals surface area contributed by atoms with E-state index < -0.39 is 0 Å². The zero-order valence-electron chi connectivity index (χ0n) is 32.3. The third-order valence-electron chi connectivity index (χ3n) is 12.7. The summed E-state index contributed by atoms with van der Waals surface area (Å²) in [5, 5.41) is 12.6. The van der Waals surface area contributed by atoms with Crippen molar-refractivity contribution in [1.82, 2.24) is 11.9 Å². The van der Waals surface area contributed by atoms with Crippen molar-refractivity contribution in [2.24, 2.45) is 0 Å². The lowest BCUT2D eigenvalue weighted by Crippen LogP contribution is -1.93. The number of benzene rings is 10. The highest BCUT2D eigenvalue weighted by Gasteiger charge is 2.20. The average Bonchev–Trinajstić information content (AvgIpc) is 3.92. The van der Waals surface area contributed by atoms with Gasteiger partial charge in [0.25, 0.3) is 0 Å². The van der Waals surface area contributed by atoms with Crippen LogP contribution in [-0.4, -0.2) is 11.9 Å². The van der Waals surface area contributed by atoms with Crippen LogP contribution in [0.4, 0.5) is 0 Å². The monoisotopic (exact) mass is 875 g/mol. The maximum absolute atomic E-state index is 2.48. The summed E-state index contributed by atoms with van der Waals surface area (Å²) in [4.78, 5) is 0. The van der Waals surface area contributed by atoms with Crippen LogP contribution < -0.4 is 0 Å². The van der Waals surface area contributed by atoms with E-state index in [1.54, 1.807) is 0 Å². The second-order valence-corrected chi connectivity index (χ2v) is 16.9. The Hall–Kier alpha value is -7.15. The number of rotatable bonds is 4. The zero-order valence-corrected chi connectivity index (χ0v) is 34.5. The number of aromatic nitrogens is 3. The summed E-state index contributed by atoms with van der Waals surface area (Å²) in [5.41, 5.74) is 14.4. The van der Waals surface area contributed by atoms with Crippen LogP contribution in [0.2, 0.25) is 0 Å². The quantitative estimate of drug-likeness (QED) is 0.157. The minimum atomic E-state index is 1.16. The van der Waals surface area contributed by atoms with Crippen LogP contribution in [0.15, 0.2) is 206 Å². The van der Waals surface area contributed by atoms with E-state index in [1.165, 1.54) is 115 Å². The standard InChI is InChI=1S/C56H34IN3/c57-60-50-28-25-39(38-24-27-49-47(31-38)55-43-19-10-9-12-35(43)23-29-51(55)58(49)41-15-3-1-4-16-41)32-48(50)56-44(20-11-21-52(56)60)40-22-26-45-46-30-36-13-7-8-14-37(36)33-54(46)59(53(45)34-40)42-17-5-2-6-18-42/h1-34H. The zero-order chi connectivity index (χ0) is 39.5. The summed E-state index contributed by atoms with van der Waals surface area (Å²) in [6.07, 6.45) is 0. The third kappa shape index (κ3) is 4.88. The Morgan fingerprint density at radius 2 is 0.867 bits per heavy atom. The van der Waals surface area contributed by atoms with Gasteiger partial charge in [-0.3, -0.25) is 2.78 Å². The second-order valence-electron chi connectivity index (χ2n) is 15.9. The van der Waals surface area contributed by atoms with Crippen molar-refractivity contribution in [2.45, 2.75) is 0 Å². The summed E-state index contributed by atoms with van der Waals surface area (Å²) in [6, 6.07) is 76.1. The highest BCUT2D eigenvalue weighted by Crippen LogP contribution is 2.44. The van der Waals surface area contributed by atoms with Gasteiger partial charge in [-0.05, 0) is 123 Å². The molecule has 3 aromatic heterocycles. The Bertz CT molecular complexity index is 3890. The van der Waals surface area contributed by atoms with Crippen LogP contribution in [0.1, 0.15) is 0 Å². The van der Waals surface area contributed by atoms with Crippen LogP contribution in [0.5, 0.6) is 0 Å². The van der Waals surface area contributed by atoms with E-state index in [-0.39, 0.29) is 0 Å². The first-order valence-corrected chi connectivity index (χ1v) is 21.4. The number of halogens is 1. The Morgan fingerprint density at radius 1 is 0.283 bits per heavy atom. The number of fused-ring (bicyclic) bond motifs is 12. The number of hydrogen-bond acceptors (Lipinski definition) is 0. The van der Waals surface area contributed by atoms with Gasteiger partial charge in [0.05, 0.1) is 56.0 Å². The van der Waals surface area contributed by atoms with Gasteiger partial charge in [0.2, 0.25) is 0 Å². The van der Waals surface area contributed by atoms with Crippen LogP contribution in [0, 0.1) is 0 Å². The Morgan fingerprint density at radius 3 is 1.62 bits per heavy atom. The molecule has 0 aliphatic heterocycles. The van der Waals surface area contributed by atoms with Crippen molar-refractivity contribution < 1.29 is 0 Å². The van der Waals surface area contributed by atoms with E-state index in [1.807, 2.05) is 0 Å². The summed E-state index contributed by atoms with van der Waals surface area (Å²) < 4.78 is 7.18. The minimum Gasteiger partial charge on any atom is -0.309 e. The van der Waals surface area contributed by atoms with Gasteiger partial charge in [-0.1, -0.05) is 127 Å². The first kappa shape index (κ1) is 33.8. The largest absolute Gasteiger partial charge is 0.309 e. The molecule has 3 nitrogen and oxygen atoms in total. The van der Waals surface area contributed by atoms with Crippen molar-refractivity contribution in [3.05, 3.63) is 206 Å². The van der Waals surface area contributed by atoms with Crippen LogP contribution in [-0.2, 0) is 0 Å². The molecule has 0 saturated heterocycles. The van der Waals surface area contributed by atoms with E-state index in [2.05, 4.69) is 241 Å². The van der Waals surface area contributed by atoms with E-state index in [0.717, 1.165) is 5.69 Å². The second kappa shape index (κ2) is 12.9. The first-order valence-electron chi connectivity index (χ1n) is 20.5. The lowest BCUT2D eigenvalue weighted by atomic mass is 9.96. The molecule has 280 valence electrons. The number of para-hydroxylation sites is 2. The van der Waals surface area contributed by atoms with Crippen molar-refractivity contribution in [3.8, 4) is 33.6 Å². The number of hydrogen-bond donors (Lipinski definition) is 0. The molecule has 3 heterocycles. The normalized spacial score (nSPS) is 12.1. The molecule has 13 aromatic rings. The highest BCUT2D eigenvalue weighted by molar-refractivity contribution is 14.1. The SMILES string of the molecule is In1c2ccc(-c3ccc4c(c3)c3c5ccccc5ccc3n4-c3ccccc3)cc2c2c(-c3ccc4c5cc6ccccc6cc5n(-c5ccccc5)c4c3)cccc21. The fourth-order valence-electron chi connectivity index (χ4n) is 10.00. The van der Waals surface area contributed by atoms with E-state index in [9.17, 15) is 0 Å². The molecule has 0 aliphatic rings. The predicted octanol–water partition coefficient (Wildman–Crippen LogP) is 15.8. The lowest BCUT2D eigenvalue weighted by Gasteiger charge is -2.10. The van der Waals surface area contributed by atoms with Crippen LogP contribution in [0.3, 0.4) is 0 Å². The smallest absolute Gasteiger partial charge is 0.0646 e. The molecular weight excluding hydrogens is 842 g/mol. The molecule has 0 fully saturated rings. The predicted molar refractivity (Wildman–Crippen MR) is 263 cm³/mol. The highest BCUT2D eigenvalue weighted by atomic mass is 127. The van der Waals surface area contributed by atoms with Gasteiger partial charge in [-0.25, -0.2) is 0 Å². The number of nitrogens with zero attached hydrogens (tertiary/aromatic N) is 3. The Kier molecular flexibility index (Phi) is 7.28. The summed E-state index contributed by atoms with van der Waals surface area (Å²) in [6.45, 7) is 0. The molecule has 0 atom stereocenters. The van der Waals surface area contributed by atoms with Gasteiger partial charge in [0.1, 0.15) is 0 Å². The third-order valence-corrected chi connectivity index (χ3v) is 13.7. The molecule has 4 heteroatoms. The molecule has 10 aromatic carbocycles. The lowest BCUT2D eigenvalue weighted by molar-refractivity contribution is 1.18. The molecule has 13 rings (SSSR count). The van der Waals surface area contributed by atoms with E-state index >= 15 is 0 Å². The average molecular weight is 876 g/mol. The summed E-state index contributed by atoms with van der Waals surface area (Å²) >= 11 is 2.48. The van der Waals surface area contributed by atoms with Crippen LogP contribution >= 0.6 is 22.9 Å². The Labute approximate surface area is 359 Å². The van der Waals surface area contributed by atoms with Gasteiger partial charge in [0, 0.05) is 43.7 Å². The Balaban J connectivity index is 1.03. The van der Waals surface area contributed by atoms with Crippen molar-refractivity contribution in [2.75, 3.05) is 0 Å². The molecule has 0 saturated carbocycles. The van der Waals surface area contributed by atoms with Gasteiger partial charge in [0.15, 0.2) is 0 Å². The van der Waals surface area contributed by atoms with Crippen molar-refractivity contribution in [3.63, 3.8) is 0 Å². The molecule has 0 unspecified atom stereocenters.